The summed E-state index contributed by atoms with van der Waals surface area (Å²) in [5.41, 5.74) is 1.61. The zero-order valence-electron chi connectivity index (χ0n) is 20.1. The van der Waals surface area contributed by atoms with Crippen LogP contribution >= 0.6 is 0 Å². The molecule has 2 aromatic rings. The fourth-order valence-electron chi connectivity index (χ4n) is 4.05. The number of nitrogens with zero attached hydrogens (tertiary/aromatic N) is 4. The van der Waals surface area contributed by atoms with Crippen LogP contribution in [0.4, 0.5) is 4.79 Å². The van der Waals surface area contributed by atoms with Crippen molar-refractivity contribution in [2.24, 2.45) is 10.9 Å². The Kier molecular flexibility index (Phi) is 7.99. The molecule has 32 heavy (non-hydrogen) atoms. The first kappa shape index (κ1) is 23.9. The van der Waals surface area contributed by atoms with Crippen LogP contribution in [0.5, 0.6) is 0 Å². The smallest absolute Gasteiger partial charge is 0.410 e. The highest BCUT2D eigenvalue weighted by atomic mass is 16.6. The van der Waals surface area contributed by atoms with Crippen LogP contribution in [0.3, 0.4) is 0 Å². The first-order valence-corrected chi connectivity index (χ1v) is 11.7. The Bertz CT molecular complexity index is 876. The van der Waals surface area contributed by atoms with E-state index in [1.807, 2.05) is 63.9 Å². The van der Waals surface area contributed by atoms with Gasteiger partial charge in [-0.25, -0.2) is 9.78 Å². The lowest BCUT2D eigenvalue weighted by Gasteiger charge is -2.36. The number of carbonyl (C=O) groups is 1. The fraction of sp³-hybridized carbons (Fsp3) is 0.625. The number of fused-ring (bicyclic) bond motifs is 1. The summed E-state index contributed by atoms with van der Waals surface area (Å²) in [7, 11) is 1.83. The summed E-state index contributed by atoms with van der Waals surface area (Å²) in [5.74, 6) is 2.39. The maximum absolute atomic E-state index is 12.4. The summed E-state index contributed by atoms with van der Waals surface area (Å²) >= 11 is 0. The van der Waals surface area contributed by atoms with E-state index in [1.165, 1.54) is 0 Å². The number of guanidine groups is 1. The molecule has 176 valence electrons. The molecule has 1 fully saturated rings. The molecule has 0 spiro atoms. The lowest BCUT2D eigenvalue weighted by molar-refractivity contribution is 0.0214. The number of aliphatic imine (C=N–C) groups is 1. The number of piperidine rings is 1. The van der Waals surface area contributed by atoms with Crippen molar-refractivity contribution in [3.05, 3.63) is 30.1 Å². The first-order chi connectivity index (χ1) is 15.3. The van der Waals surface area contributed by atoms with Gasteiger partial charge < -0.3 is 24.8 Å². The highest BCUT2D eigenvalue weighted by Crippen LogP contribution is 2.20. The van der Waals surface area contributed by atoms with Gasteiger partial charge in [0.1, 0.15) is 11.4 Å². The Morgan fingerprint density at radius 3 is 2.66 bits per heavy atom. The zero-order chi connectivity index (χ0) is 23.1. The lowest BCUT2D eigenvalue weighted by Crippen LogP contribution is -2.48. The Morgan fingerprint density at radius 1 is 1.31 bits per heavy atom. The zero-order valence-corrected chi connectivity index (χ0v) is 20.1. The maximum Gasteiger partial charge on any atom is 0.410 e. The molecular formula is C24H38N6O2. The van der Waals surface area contributed by atoms with Gasteiger partial charge in [0.15, 0.2) is 5.96 Å². The molecule has 0 saturated carbocycles. The number of hydrogen-bond acceptors (Lipinski definition) is 4. The number of H-pyrrole nitrogens is 1. The number of imidazole rings is 1. The van der Waals surface area contributed by atoms with Crippen molar-refractivity contribution in [2.75, 3.05) is 39.8 Å². The monoisotopic (exact) mass is 442 g/mol. The molecule has 1 amide bonds. The predicted octanol–water partition coefficient (Wildman–Crippen LogP) is 3.65. The Hall–Kier alpha value is -2.77. The van der Waals surface area contributed by atoms with Crippen molar-refractivity contribution in [3.63, 3.8) is 0 Å². The molecule has 0 atom stereocenters. The third-order valence-electron chi connectivity index (χ3n) is 5.72. The highest BCUT2D eigenvalue weighted by Gasteiger charge is 2.27. The van der Waals surface area contributed by atoms with Gasteiger partial charge in [0, 0.05) is 46.2 Å². The van der Waals surface area contributed by atoms with E-state index in [4.69, 9.17) is 4.74 Å². The Morgan fingerprint density at radius 2 is 2.03 bits per heavy atom. The van der Waals surface area contributed by atoms with Gasteiger partial charge in [0.2, 0.25) is 0 Å². The third-order valence-corrected chi connectivity index (χ3v) is 5.72. The van der Waals surface area contributed by atoms with E-state index in [0.29, 0.717) is 12.5 Å². The third kappa shape index (κ3) is 6.61. The van der Waals surface area contributed by atoms with E-state index in [-0.39, 0.29) is 6.09 Å². The summed E-state index contributed by atoms with van der Waals surface area (Å²) in [6, 6.07) is 8.09. The molecule has 1 saturated heterocycles. The summed E-state index contributed by atoms with van der Waals surface area (Å²) in [5, 5.41) is 3.47. The molecule has 1 aromatic carbocycles. The molecule has 0 radical (unpaired) electrons. The minimum absolute atomic E-state index is 0.217. The van der Waals surface area contributed by atoms with Crippen LogP contribution in [0, 0.1) is 5.92 Å². The second kappa shape index (κ2) is 10.7. The molecule has 3 rings (SSSR count). The quantitative estimate of drug-likeness (QED) is 0.527. The number of likely N-dealkylation sites (tertiary alicyclic amines) is 1. The van der Waals surface area contributed by atoms with Gasteiger partial charge in [-0.2, -0.15) is 0 Å². The molecule has 2 N–H and O–H groups in total. The average molecular weight is 443 g/mol. The second-order valence-electron chi connectivity index (χ2n) is 9.37. The van der Waals surface area contributed by atoms with E-state index in [2.05, 4.69) is 25.2 Å². The molecule has 0 bridgehead atoms. The van der Waals surface area contributed by atoms with Gasteiger partial charge in [-0.1, -0.05) is 12.1 Å². The number of rotatable bonds is 6. The fourth-order valence-corrected chi connectivity index (χ4v) is 4.05. The van der Waals surface area contributed by atoms with Crippen LogP contribution in [-0.4, -0.2) is 77.2 Å². The first-order valence-electron chi connectivity index (χ1n) is 11.7. The minimum atomic E-state index is -0.464. The normalized spacial score (nSPS) is 15.8. The van der Waals surface area contributed by atoms with Crippen molar-refractivity contribution >= 4 is 23.1 Å². The number of ether oxygens (including phenoxy) is 1. The number of amides is 1. The van der Waals surface area contributed by atoms with Crippen LogP contribution in [0.1, 0.15) is 46.4 Å². The molecule has 8 nitrogen and oxygen atoms in total. The van der Waals surface area contributed by atoms with Crippen molar-refractivity contribution < 1.29 is 9.53 Å². The van der Waals surface area contributed by atoms with Crippen molar-refractivity contribution in [1.29, 1.82) is 0 Å². The number of para-hydroxylation sites is 2. The van der Waals surface area contributed by atoms with E-state index in [1.54, 1.807) is 0 Å². The van der Waals surface area contributed by atoms with E-state index < -0.39 is 5.60 Å². The van der Waals surface area contributed by atoms with Crippen LogP contribution < -0.4 is 5.32 Å². The lowest BCUT2D eigenvalue weighted by atomic mass is 9.96. The molecule has 8 heteroatoms. The van der Waals surface area contributed by atoms with E-state index >= 15 is 0 Å². The molecule has 0 unspecified atom stereocenters. The van der Waals surface area contributed by atoms with Crippen LogP contribution in [-0.2, 0) is 11.2 Å². The number of carbonyl (C=O) groups excluding carboxylic acids is 1. The van der Waals surface area contributed by atoms with Gasteiger partial charge in [-0.05, 0) is 58.6 Å². The topological polar surface area (TPSA) is 85.9 Å². The van der Waals surface area contributed by atoms with Crippen molar-refractivity contribution in [2.45, 2.75) is 52.6 Å². The number of aromatic amines is 1. The van der Waals surface area contributed by atoms with Crippen molar-refractivity contribution in [3.8, 4) is 0 Å². The molecule has 1 aliphatic heterocycles. The Balaban J connectivity index is 1.44. The van der Waals surface area contributed by atoms with Crippen LogP contribution in [0.2, 0.25) is 0 Å². The van der Waals surface area contributed by atoms with Gasteiger partial charge in [-0.15, -0.1) is 0 Å². The summed E-state index contributed by atoms with van der Waals surface area (Å²) in [6.07, 6.45) is 2.66. The van der Waals surface area contributed by atoms with E-state index in [9.17, 15) is 4.79 Å². The van der Waals surface area contributed by atoms with Gasteiger partial charge in [0.05, 0.1) is 11.0 Å². The molecular weight excluding hydrogens is 404 g/mol. The average Bonchev–Trinajstić information content (AvgIpc) is 3.17. The summed E-state index contributed by atoms with van der Waals surface area (Å²) in [4.78, 5) is 29.0. The standard InChI is InChI=1S/C24H38N6O2/c1-6-29(23(31)32-24(2,3)4)17-18-12-15-30(16-13-18)22(25-5)26-14-11-21-27-19-9-7-8-10-20(19)28-21/h7-10,18H,6,11-17H2,1-5H3,(H,25,26)(H,27,28). The van der Waals surface area contributed by atoms with Gasteiger partial charge in [-0.3, -0.25) is 4.99 Å². The maximum atomic E-state index is 12.4. The van der Waals surface area contributed by atoms with Crippen LogP contribution in [0.15, 0.2) is 29.3 Å². The molecule has 2 heterocycles. The largest absolute Gasteiger partial charge is 0.444 e. The molecule has 1 aliphatic rings. The molecule has 0 aliphatic carbocycles. The second-order valence-corrected chi connectivity index (χ2v) is 9.37. The summed E-state index contributed by atoms with van der Waals surface area (Å²) in [6.45, 7) is 11.8. The minimum Gasteiger partial charge on any atom is -0.444 e. The van der Waals surface area contributed by atoms with Gasteiger partial charge >= 0.3 is 6.09 Å². The van der Waals surface area contributed by atoms with Gasteiger partial charge in [0.25, 0.3) is 0 Å². The number of hydrogen-bond donors (Lipinski definition) is 2. The van der Waals surface area contributed by atoms with E-state index in [0.717, 1.165) is 68.3 Å². The predicted molar refractivity (Wildman–Crippen MR) is 129 cm³/mol. The highest BCUT2D eigenvalue weighted by molar-refractivity contribution is 5.80. The number of benzene rings is 1. The number of nitrogens with one attached hydrogen (secondary N) is 2. The van der Waals surface area contributed by atoms with Crippen molar-refractivity contribution in [1.82, 2.24) is 25.1 Å². The van der Waals surface area contributed by atoms with Crippen LogP contribution in [0.25, 0.3) is 11.0 Å². The Labute approximate surface area is 191 Å². The number of aromatic nitrogens is 2. The molecule has 1 aromatic heterocycles. The SMILES string of the molecule is CCN(CC1CCN(C(=NC)NCCc2nc3ccccc3[nH]2)CC1)C(=O)OC(C)(C)C. The summed E-state index contributed by atoms with van der Waals surface area (Å²) < 4.78 is 5.55.